The summed E-state index contributed by atoms with van der Waals surface area (Å²) in [5.74, 6) is 1.57. The molecule has 0 aromatic carbocycles. The molecule has 6 nitrogen and oxygen atoms in total. The van der Waals surface area contributed by atoms with Gasteiger partial charge in [0.05, 0.1) is 19.4 Å². The van der Waals surface area contributed by atoms with E-state index in [0.29, 0.717) is 12.0 Å². The third-order valence-corrected chi connectivity index (χ3v) is 4.07. The third kappa shape index (κ3) is 3.56. The summed E-state index contributed by atoms with van der Waals surface area (Å²) in [7, 11) is 0. The van der Waals surface area contributed by atoms with Crippen LogP contribution >= 0.6 is 0 Å². The van der Waals surface area contributed by atoms with Crippen molar-refractivity contribution < 1.29 is 4.74 Å². The van der Waals surface area contributed by atoms with E-state index < -0.39 is 0 Å². The molecule has 1 aromatic rings. The van der Waals surface area contributed by atoms with E-state index in [-0.39, 0.29) is 0 Å². The standard InChI is InChI=1S/C14H23N5O/c1-2-4-6-12(5-3-1)16-14-17-13(11-15-18-14)19-7-9-20-10-8-19/h11-12H,1-10H2,(H,16,17,18). The number of anilines is 2. The second-order valence-electron chi connectivity index (χ2n) is 5.57. The van der Waals surface area contributed by atoms with E-state index in [2.05, 4.69) is 25.4 Å². The van der Waals surface area contributed by atoms with Crippen LogP contribution in [0.3, 0.4) is 0 Å². The Labute approximate surface area is 119 Å². The van der Waals surface area contributed by atoms with E-state index in [9.17, 15) is 0 Å². The maximum atomic E-state index is 5.37. The smallest absolute Gasteiger partial charge is 0.244 e. The van der Waals surface area contributed by atoms with Gasteiger partial charge in [-0.05, 0) is 12.8 Å². The molecule has 1 N–H and O–H groups in total. The Hall–Kier alpha value is -1.43. The average Bonchev–Trinajstić information content (AvgIpc) is 2.77. The molecular weight excluding hydrogens is 254 g/mol. The zero-order chi connectivity index (χ0) is 13.6. The van der Waals surface area contributed by atoms with Crippen molar-refractivity contribution in [3.05, 3.63) is 6.20 Å². The topological polar surface area (TPSA) is 63.2 Å². The summed E-state index contributed by atoms with van der Waals surface area (Å²) in [6.07, 6.45) is 9.47. The SMILES string of the molecule is c1nnc(NC2CCCCCC2)nc1N1CCOCC1. The normalized spacial score (nSPS) is 21.5. The Morgan fingerprint density at radius 1 is 1.10 bits per heavy atom. The number of hydrogen-bond acceptors (Lipinski definition) is 6. The quantitative estimate of drug-likeness (QED) is 0.851. The van der Waals surface area contributed by atoms with Crippen LogP contribution in [0.25, 0.3) is 0 Å². The van der Waals surface area contributed by atoms with Crippen LogP contribution in [0.5, 0.6) is 0 Å². The van der Waals surface area contributed by atoms with Gasteiger partial charge in [-0.15, -0.1) is 5.10 Å². The molecule has 2 heterocycles. The second-order valence-corrected chi connectivity index (χ2v) is 5.57. The first-order valence-electron chi connectivity index (χ1n) is 7.71. The first kappa shape index (κ1) is 13.5. The Bertz CT molecular complexity index is 414. The summed E-state index contributed by atoms with van der Waals surface area (Å²) in [6.45, 7) is 3.27. The Morgan fingerprint density at radius 3 is 2.60 bits per heavy atom. The molecule has 2 aliphatic rings. The maximum Gasteiger partial charge on any atom is 0.244 e. The molecule has 1 aliphatic heterocycles. The fourth-order valence-electron chi connectivity index (χ4n) is 2.91. The van der Waals surface area contributed by atoms with Crippen molar-refractivity contribution in [3.8, 4) is 0 Å². The highest BCUT2D eigenvalue weighted by atomic mass is 16.5. The minimum absolute atomic E-state index is 0.499. The molecule has 0 amide bonds. The van der Waals surface area contributed by atoms with Gasteiger partial charge < -0.3 is 15.0 Å². The second kappa shape index (κ2) is 6.83. The zero-order valence-electron chi connectivity index (χ0n) is 11.9. The molecular formula is C14H23N5O. The molecule has 20 heavy (non-hydrogen) atoms. The first-order valence-corrected chi connectivity index (χ1v) is 7.71. The Balaban J connectivity index is 1.64. The number of hydrogen-bond donors (Lipinski definition) is 1. The van der Waals surface area contributed by atoms with Gasteiger partial charge in [-0.3, -0.25) is 0 Å². The number of nitrogens with one attached hydrogen (secondary N) is 1. The molecule has 2 fully saturated rings. The van der Waals surface area contributed by atoms with E-state index >= 15 is 0 Å². The van der Waals surface area contributed by atoms with E-state index in [1.54, 1.807) is 6.20 Å². The average molecular weight is 277 g/mol. The van der Waals surface area contributed by atoms with Crippen molar-refractivity contribution in [3.63, 3.8) is 0 Å². The van der Waals surface area contributed by atoms with E-state index in [1.807, 2.05) is 0 Å². The molecule has 1 saturated heterocycles. The molecule has 0 unspecified atom stereocenters. The third-order valence-electron chi connectivity index (χ3n) is 4.07. The van der Waals surface area contributed by atoms with Gasteiger partial charge in [0.15, 0.2) is 5.82 Å². The number of nitrogens with zero attached hydrogens (tertiary/aromatic N) is 4. The van der Waals surface area contributed by atoms with Crippen LogP contribution in [0.4, 0.5) is 11.8 Å². The van der Waals surface area contributed by atoms with Crippen LogP contribution in [0.1, 0.15) is 38.5 Å². The zero-order valence-corrected chi connectivity index (χ0v) is 11.9. The fourth-order valence-corrected chi connectivity index (χ4v) is 2.91. The summed E-state index contributed by atoms with van der Waals surface area (Å²) in [6, 6.07) is 0.499. The van der Waals surface area contributed by atoms with Gasteiger partial charge in [0.1, 0.15) is 0 Å². The lowest BCUT2D eigenvalue weighted by molar-refractivity contribution is 0.122. The molecule has 0 radical (unpaired) electrons. The largest absolute Gasteiger partial charge is 0.378 e. The lowest BCUT2D eigenvalue weighted by Gasteiger charge is -2.27. The van der Waals surface area contributed by atoms with Crippen LogP contribution in [0.15, 0.2) is 6.20 Å². The van der Waals surface area contributed by atoms with Crippen molar-refractivity contribution in [1.82, 2.24) is 15.2 Å². The lowest BCUT2D eigenvalue weighted by atomic mass is 10.1. The molecule has 3 rings (SSSR count). The molecule has 110 valence electrons. The molecule has 1 aliphatic carbocycles. The molecule has 1 aromatic heterocycles. The van der Waals surface area contributed by atoms with E-state index in [1.165, 1.54) is 38.5 Å². The number of ether oxygens (including phenoxy) is 1. The number of rotatable bonds is 3. The van der Waals surface area contributed by atoms with Crippen LogP contribution in [0, 0.1) is 0 Å². The highest BCUT2D eigenvalue weighted by Crippen LogP contribution is 2.20. The van der Waals surface area contributed by atoms with Crippen molar-refractivity contribution in [2.45, 2.75) is 44.6 Å². The molecule has 1 saturated carbocycles. The van der Waals surface area contributed by atoms with Crippen LogP contribution < -0.4 is 10.2 Å². The van der Waals surface area contributed by atoms with Crippen LogP contribution in [-0.4, -0.2) is 47.5 Å². The predicted molar refractivity (Wildman–Crippen MR) is 78.0 cm³/mol. The fraction of sp³-hybridized carbons (Fsp3) is 0.786. The van der Waals surface area contributed by atoms with Gasteiger partial charge in [-0.2, -0.15) is 10.1 Å². The van der Waals surface area contributed by atoms with Crippen molar-refractivity contribution in [1.29, 1.82) is 0 Å². The van der Waals surface area contributed by atoms with Crippen molar-refractivity contribution in [2.75, 3.05) is 36.5 Å². The minimum atomic E-state index is 0.499. The van der Waals surface area contributed by atoms with E-state index in [4.69, 9.17) is 4.74 Å². The minimum Gasteiger partial charge on any atom is -0.378 e. The van der Waals surface area contributed by atoms with Gasteiger partial charge in [0.2, 0.25) is 5.95 Å². The predicted octanol–water partition coefficient (Wildman–Crippen LogP) is 1.84. The van der Waals surface area contributed by atoms with E-state index in [0.717, 1.165) is 32.1 Å². The summed E-state index contributed by atoms with van der Waals surface area (Å²) in [5.41, 5.74) is 0. The van der Waals surface area contributed by atoms with Gasteiger partial charge in [0, 0.05) is 19.1 Å². The highest BCUT2D eigenvalue weighted by Gasteiger charge is 2.16. The van der Waals surface area contributed by atoms with Gasteiger partial charge in [-0.1, -0.05) is 25.7 Å². The van der Waals surface area contributed by atoms with Gasteiger partial charge in [-0.25, -0.2) is 0 Å². The van der Waals surface area contributed by atoms with Gasteiger partial charge in [0.25, 0.3) is 0 Å². The Morgan fingerprint density at radius 2 is 1.85 bits per heavy atom. The molecule has 0 spiro atoms. The number of aromatic nitrogens is 3. The van der Waals surface area contributed by atoms with Crippen molar-refractivity contribution >= 4 is 11.8 Å². The van der Waals surface area contributed by atoms with Crippen LogP contribution in [-0.2, 0) is 4.74 Å². The first-order chi connectivity index (χ1) is 9.92. The molecule has 6 heteroatoms. The lowest BCUT2D eigenvalue weighted by Crippen LogP contribution is -2.37. The summed E-state index contributed by atoms with van der Waals surface area (Å²) < 4.78 is 5.37. The maximum absolute atomic E-state index is 5.37. The van der Waals surface area contributed by atoms with Gasteiger partial charge >= 0.3 is 0 Å². The van der Waals surface area contributed by atoms with Crippen molar-refractivity contribution in [2.24, 2.45) is 0 Å². The molecule has 0 atom stereocenters. The summed E-state index contributed by atoms with van der Waals surface area (Å²) in [5, 5.41) is 11.7. The van der Waals surface area contributed by atoms with Crippen LogP contribution in [0.2, 0.25) is 0 Å². The Kier molecular flexibility index (Phi) is 4.63. The summed E-state index contributed by atoms with van der Waals surface area (Å²) >= 11 is 0. The number of morpholine rings is 1. The highest BCUT2D eigenvalue weighted by molar-refractivity contribution is 5.40. The summed E-state index contributed by atoms with van der Waals surface area (Å²) in [4.78, 5) is 6.81. The molecule has 0 bridgehead atoms. The monoisotopic (exact) mass is 277 g/mol.